The third-order valence-corrected chi connectivity index (χ3v) is 14.9. The van der Waals surface area contributed by atoms with Gasteiger partial charge in [0, 0.05) is 73.0 Å². The topological polar surface area (TPSA) is 57.4 Å². The Labute approximate surface area is 363 Å². The predicted molar refractivity (Wildman–Crippen MR) is 261 cm³/mol. The highest BCUT2D eigenvalue weighted by Gasteiger charge is 2.32. The fourth-order valence-electron chi connectivity index (χ4n) is 10.0. The maximum Gasteiger partial charge on any atom is 0.102 e. The Morgan fingerprint density at radius 3 is 1.16 bits per heavy atom. The molecule has 0 saturated carbocycles. The van der Waals surface area contributed by atoms with Gasteiger partial charge in [0.05, 0.1) is 44.6 Å². The predicted octanol–water partition coefficient (Wildman–Crippen LogP) is 15.7. The molecule has 0 aliphatic heterocycles. The number of nitriles is 2. The number of hydrogen-bond donors (Lipinski definition) is 0. The smallest absolute Gasteiger partial charge is 0.102 e. The molecule has 6 heteroatoms. The summed E-state index contributed by atoms with van der Waals surface area (Å²) < 4.78 is 9.44. The average molecular weight is 823 g/mol. The van der Waals surface area contributed by atoms with Crippen LogP contribution in [0, 0.1) is 22.7 Å². The Morgan fingerprint density at radius 2 is 0.710 bits per heavy atom. The number of para-hydroxylation sites is 2. The number of rotatable bonds is 4. The van der Waals surface area contributed by atoms with Crippen LogP contribution in [0.3, 0.4) is 0 Å². The highest BCUT2D eigenvalue weighted by atomic mass is 32.1. The summed E-state index contributed by atoms with van der Waals surface area (Å²) in [7, 11) is 0. The Balaban J connectivity index is 1.29. The average Bonchev–Trinajstić information content (AvgIpc) is 4.06. The minimum Gasteiger partial charge on any atom is -0.307 e. The number of benzene rings is 9. The molecule has 13 aromatic rings. The van der Waals surface area contributed by atoms with Crippen molar-refractivity contribution in [2.45, 2.75) is 0 Å². The van der Waals surface area contributed by atoms with Gasteiger partial charge in [-0.3, -0.25) is 0 Å². The zero-order valence-corrected chi connectivity index (χ0v) is 34.6. The molecule has 286 valence electrons. The van der Waals surface area contributed by atoms with Gasteiger partial charge in [0.1, 0.15) is 12.1 Å². The molecular formula is C56H30N4S2. The molecule has 0 spiro atoms. The highest BCUT2D eigenvalue weighted by molar-refractivity contribution is 7.26. The lowest BCUT2D eigenvalue weighted by Gasteiger charge is -2.25. The quantitative estimate of drug-likeness (QED) is 0.178. The molecule has 0 bridgehead atoms. The van der Waals surface area contributed by atoms with E-state index in [1.54, 1.807) is 22.7 Å². The van der Waals surface area contributed by atoms with Crippen LogP contribution in [0.15, 0.2) is 182 Å². The van der Waals surface area contributed by atoms with Gasteiger partial charge < -0.3 is 9.13 Å². The number of hydrogen-bond acceptors (Lipinski definition) is 4. The number of fused-ring (bicyclic) bond motifs is 12. The molecule has 13 rings (SSSR count). The van der Waals surface area contributed by atoms with Crippen molar-refractivity contribution >= 4 is 107 Å². The molecular weight excluding hydrogens is 793 g/mol. The van der Waals surface area contributed by atoms with Gasteiger partial charge >= 0.3 is 0 Å². The van der Waals surface area contributed by atoms with Gasteiger partial charge in [0.2, 0.25) is 0 Å². The van der Waals surface area contributed by atoms with E-state index in [-0.39, 0.29) is 0 Å². The van der Waals surface area contributed by atoms with E-state index in [0.29, 0.717) is 16.7 Å². The van der Waals surface area contributed by atoms with Crippen molar-refractivity contribution in [3.05, 3.63) is 193 Å². The third kappa shape index (κ3) is 4.79. The summed E-state index contributed by atoms with van der Waals surface area (Å²) in [5.74, 6) is 0. The zero-order valence-electron chi connectivity index (χ0n) is 32.9. The van der Waals surface area contributed by atoms with Gasteiger partial charge in [-0.15, -0.1) is 22.7 Å². The highest BCUT2D eigenvalue weighted by Crippen LogP contribution is 2.50. The molecule has 0 amide bonds. The fourth-order valence-corrected chi connectivity index (χ4v) is 12.3. The van der Waals surface area contributed by atoms with E-state index in [2.05, 4.69) is 155 Å². The van der Waals surface area contributed by atoms with Crippen LogP contribution in [-0.2, 0) is 0 Å². The minimum absolute atomic E-state index is 0.446. The van der Waals surface area contributed by atoms with Crippen LogP contribution in [0.25, 0.3) is 118 Å². The standard InChI is InChI=1S/C56H30N4S2/c57-31-43-53(33-15-3-1-4-16-33)44(32-58)56(60-46-24-12-8-20-36(46)40-28-42-38-22-10-14-26-50(38)62-52(42)30-48(40)60)54(34-17-5-2-6-18-34)55(43)59-45-23-11-7-19-35(45)39-27-41-37-21-9-13-25-49(37)61-51(41)29-47(39)59/h1-30H. The van der Waals surface area contributed by atoms with Gasteiger partial charge in [-0.2, -0.15) is 10.5 Å². The van der Waals surface area contributed by atoms with Crippen molar-refractivity contribution in [3.8, 4) is 45.8 Å². The first-order valence-corrected chi connectivity index (χ1v) is 22.2. The summed E-state index contributed by atoms with van der Waals surface area (Å²) in [4.78, 5) is 0. The van der Waals surface area contributed by atoms with Crippen molar-refractivity contribution in [3.63, 3.8) is 0 Å². The third-order valence-electron chi connectivity index (χ3n) is 12.6. The first-order valence-electron chi connectivity index (χ1n) is 20.5. The van der Waals surface area contributed by atoms with Gasteiger partial charge in [-0.05, 0) is 59.7 Å². The first kappa shape index (κ1) is 34.8. The van der Waals surface area contributed by atoms with Crippen molar-refractivity contribution in [1.82, 2.24) is 9.13 Å². The fraction of sp³-hybridized carbons (Fsp3) is 0. The van der Waals surface area contributed by atoms with E-state index < -0.39 is 0 Å². The lowest BCUT2D eigenvalue weighted by atomic mass is 9.86. The lowest BCUT2D eigenvalue weighted by Crippen LogP contribution is -2.11. The number of thiophene rings is 2. The monoisotopic (exact) mass is 822 g/mol. The second kappa shape index (κ2) is 13.3. The van der Waals surface area contributed by atoms with Gasteiger partial charge in [0.15, 0.2) is 0 Å². The summed E-state index contributed by atoms with van der Waals surface area (Å²) in [6.07, 6.45) is 0. The van der Waals surface area contributed by atoms with E-state index in [1.807, 2.05) is 48.5 Å². The van der Waals surface area contributed by atoms with Crippen LogP contribution < -0.4 is 0 Å². The maximum absolute atomic E-state index is 11.7. The summed E-state index contributed by atoms with van der Waals surface area (Å²) in [6.45, 7) is 0. The molecule has 0 radical (unpaired) electrons. The Morgan fingerprint density at radius 1 is 0.323 bits per heavy atom. The van der Waals surface area contributed by atoms with Crippen molar-refractivity contribution < 1.29 is 0 Å². The SMILES string of the molecule is N#Cc1c(-c2ccccc2)c(C#N)c(-n2c3ccccc3c3cc4c(cc32)sc2ccccc24)c(-c2ccccc2)c1-n1c2ccccc2c2cc3c(cc21)sc1ccccc13. The minimum atomic E-state index is 0.446. The Hall–Kier alpha value is -8.00. The van der Waals surface area contributed by atoms with Crippen LogP contribution in [-0.4, -0.2) is 9.13 Å². The van der Waals surface area contributed by atoms with Crippen molar-refractivity contribution in [1.29, 1.82) is 10.5 Å². The molecule has 0 N–H and O–H groups in total. The van der Waals surface area contributed by atoms with Crippen molar-refractivity contribution in [2.75, 3.05) is 0 Å². The molecule has 0 atom stereocenters. The number of aromatic nitrogens is 2. The Kier molecular flexibility index (Phi) is 7.44. The molecule has 4 nitrogen and oxygen atoms in total. The largest absolute Gasteiger partial charge is 0.307 e. The lowest BCUT2D eigenvalue weighted by molar-refractivity contribution is 1.12. The van der Waals surface area contributed by atoms with E-state index in [4.69, 9.17) is 0 Å². The van der Waals surface area contributed by atoms with Gasteiger partial charge in [-0.1, -0.05) is 133 Å². The molecule has 4 aromatic heterocycles. The normalized spacial score (nSPS) is 11.8. The molecule has 0 unspecified atom stereocenters. The molecule has 0 aliphatic carbocycles. The van der Waals surface area contributed by atoms with Crippen LogP contribution in [0.5, 0.6) is 0 Å². The van der Waals surface area contributed by atoms with E-state index in [1.165, 1.54) is 40.3 Å². The summed E-state index contributed by atoms with van der Waals surface area (Å²) in [5, 5.41) is 32.8. The van der Waals surface area contributed by atoms with Crippen molar-refractivity contribution in [2.24, 2.45) is 0 Å². The zero-order chi connectivity index (χ0) is 41.1. The molecule has 0 saturated heterocycles. The maximum atomic E-state index is 11.7. The second-order valence-electron chi connectivity index (χ2n) is 15.8. The van der Waals surface area contributed by atoms with Gasteiger partial charge in [-0.25, -0.2) is 0 Å². The van der Waals surface area contributed by atoms with Gasteiger partial charge in [0.25, 0.3) is 0 Å². The van der Waals surface area contributed by atoms with Crippen LogP contribution in [0.1, 0.15) is 11.1 Å². The first-order chi connectivity index (χ1) is 30.7. The van der Waals surface area contributed by atoms with Crippen LogP contribution in [0.4, 0.5) is 0 Å². The molecule has 62 heavy (non-hydrogen) atoms. The van der Waals surface area contributed by atoms with E-state index in [9.17, 15) is 10.5 Å². The molecule has 9 aromatic carbocycles. The van der Waals surface area contributed by atoms with Crippen LogP contribution in [0.2, 0.25) is 0 Å². The molecule has 4 heterocycles. The summed E-state index contributed by atoms with van der Waals surface area (Å²) >= 11 is 3.58. The molecule has 0 fully saturated rings. The summed E-state index contributed by atoms with van der Waals surface area (Å²) in [5.41, 5.74) is 9.51. The molecule has 0 aliphatic rings. The van der Waals surface area contributed by atoms with E-state index >= 15 is 0 Å². The Bertz CT molecular complexity index is 3890. The van der Waals surface area contributed by atoms with E-state index in [0.717, 1.165) is 71.7 Å². The van der Waals surface area contributed by atoms with Crippen LogP contribution >= 0.6 is 22.7 Å². The summed E-state index contributed by atoms with van der Waals surface area (Å²) in [6, 6.07) is 69.4. The second-order valence-corrected chi connectivity index (χ2v) is 18.0. The number of nitrogens with zero attached hydrogens (tertiary/aromatic N) is 4.